The number of aryl methyl sites for hydroxylation is 2. The molecule has 0 aliphatic heterocycles. The van der Waals surface area contributed by atoms with E-state index in [4.69, 9.17) is 10.3 Å². The van der Waals surface area contributed by atoms with Gasteiger partial charge in [0.15, 0.2) is 0 Å². The normalized spacial score (nSPS) is 12.9. The minimum Gasteiger partial charge on any atom is -0.468 e. The number of rotatable bonds is 5. The molecule has 0 fully saturated rings. The number of nitrogens with one attached hydrogen (secondary N) is 1. The third kappa shape index (κ3) is 2.57. The zero-order chi connectivity index (χ0) is 12.3. The average Bonchev–Trinajstić information content (AvgIpc) is 2.96. The van der Waals surface area contributed by atoms with Crippen LogP contribution in [-0.2, 0) is 19.9 Å². The largest absolute Gasteiger partial charge is 0.468 e. The Balaban J connectivity index is 2.15. The molecule has 2 rings (SSSR count). The summed E-state index contributed by atoms with van der Waals surface area (Å²) in [5.41, 5.74) is 5.01. The standard InChI is InChI=1S/C12H18N4O/c1-3-9-7-10(16(2)15-9)8-11(14-13)12-5-4-6-17-12/h4-7,11,14H,3,8,13H2,1-2H3. The van der Waals surface area contributed by atoms with E-state index < -0.39 is 0 Å². The van der Waals surface area contributed by atoms with Crippen LogP contribution in [0.5, 0.6) is 0 Å². The van der Waals surface area contributed by atoms with Crippen molar-refractivity contribution in [1.82, 2.24) is 15.2 Å². The third-order valence-electron chi connectivity index (χ3n) is 2.89. The van der Waals surface area contributed by atoms with Gasteiger partial charge in [0.25, 0.3) is 0 Å². The number of nitrogens with two attached hydrogens (primary N) is 1. The lowest BCUT2D eigenvalue weighted by Crippen LogP contribution is -2.29. The van der Waals surface area contributed by atoms with Gasteiger partial charge >= 0.3 is 0 Å². The number of hydrazine groups is 1. The van der Waals surface area contributed by atoms with Crippen molar-refractivity contribution >= 4 is 0 Å². The van der Waals surface area contributed by atoms with Crippen molar-refractivity contribution in [2.24, 2.45) is 12.9 Å². The quantitative estimate of drug-likeness (QED) is 0.605. The molecule has 92 valence electrons. The van der Waals surface area contributed by atoms with Crippen LogP contribution in [0.15, 0.2) is 28.9 Å². The second kappa shape index (κ2) is 5.16. The SMILES string of the molecule is CCc1cc(CC(NN)c2ccco2)n(C)n1. The summed E-state index contributed by atoms with van der Waals surface area (Å²) in [5, 5.41) is 4.42. The molecule has 0 saturated heterocycles. The van der Waals surface area contributed by atoms with Gasteiger partial charge in [0, 0.05) is 19.2 Å². The van der Waals surface area contributed by atoms with Gasteiger partial charge in [-0.25, -0.2) is 5.43 Å². The molecule has 1 atom stereocenters. The van der Waals surface area contributed by atoms with Gasteiger partial charge in [0.2, 0.25) is 0 Å². The molecule has 0 amide bonds. The maximum absolute atomic E-state index is 5.56. The van der Waals surface area contributed by atoms with Crippen LogP contribution in [0.3, 0.4) is 0 Å². The monoisotopic (exact) mass is 234 g/mol. The maximum atomic E-state index is 5.56. The fourth-order valence-electron chi connectivity index (χ4n) is 1.88. The minimum absolute atomic E-state index is 0.0230. The zero-order valence-electron chi connectivity index (χ0n) is 10.2. The van der Waals surface area contributed by atoms with Gasteiger partial charge in [-0.2, -0.15) is 5.10 Å². The molecule has 0 aliphatic carbocycles. The maximum Gasteiger partial charge on any atom is 0.122 e. The highest BCUT2D eigenvalue weighted by atomic mass is 16.3. The summed E-state index contributed by atoms with van der Waals surface area (Å²) in [6.45, 7) is 2.09. The third-order valence-corrected chi connectivity index (χ3v) is 2.89. The van der Waals surface area contributed by atoms with E-state index in [0.29, 0.717) is 0 Å². The van der Waals surface area contributed by atoms with Crippen LogP contribution in [-0.4, -0.2) is 9.78 Å². The number of aromatic nitrogens is 2. The van der Waals surface area contributed by atoms with Crippen molar-refractivity contribution in [2.75, 3.05) is 0 Å². The van der Waals surface area contributed by atoms with Crippen molar-refractivity contribution in [3.8, 4) is 0 Å². The van der Waals surface area contributed by atoms with Crippen molar-refractivity contribution in [1.29, 1.82) is 0 Å². The molecule has 5 heteroatoms. The predicted octanol–water partition coefficient (Wildman–Crippen LogP) is 1.32. The Kier molecular flexibility index (Phi) is 3.61. The van der Waals surface area contributed by atoms with Gasteiger partial charge in [-0.05, 0) is 24.6 Å². The smallest absolute Gasteiger partial charge is 0.122 e. The predicted molar refractivity (Wildman–Crippen MR) is 65.1 cm³/mol. The first-order valence-corrected chi connectivity index (χ1v) is 5.76. The van der Waals surface area contributed by atoms with Gasteiger partial charge in [-0.15, -0.1) is 0 Å². The first-order valence-electron chi connectivity index (χ1n) is 5.76. The molecule has 0 spiro atoms. The number of hydrogen-bond donors (Lipinski definition) is 2. The summed E-state index contributed by atoms with van der Waals surface area (Å²) in [7, 11) is 1.95. The van der Waals surface area contributed by atoms with Crippen LogP contribution in [0.2, 0.25) is 0 Å². The van der Waals surface area contributed by atoms with Crippen molar-refractivity contribution in [2.45, 2.75) is 25.8 Å². The summed E-state index contributed by atoms with van der Waals surface area (Å²) in [4.78, 5) is 0. The number of hydrogen-bond acceptors (Lipinski definition) is 4. The second-order valence-corrected chi connectivity index (χ2v) is 4.04. The summed E-state index contributed by atoms with van der Waals surface area (Å²) in [5.74, 6) is 6.40. The van der Waals surface area contributed by atoms with Crippen molar-refractivity contribution in [3.05, 3.63) is 41.6 Å². The molecule has 2 aromatic heterocycles. The summed E-state index contributed by atoms with van der Waals surface area (Å²) >= 11 is 0. The van der Waals surface area contributed by atoms with Gasteiger partial charge in [0.1, 0.15) is 5.76 Å². The highest BCUT2D eigenvalue weighted by Gasteiger charge is 2.15. The van der Waals surface area contributed by atoms with Gasteiger partial charge in [-0.3, -0.25) is 10.5 Å². The van der Waals surface area contributed by atoms with Crippen LogP contribution < -0.4 is 11.3 Å². The lowest BCUT2D eigenvalue weighted by molar-refractivity contribution is 0.410. The zero-order valence-corrected chi connectivity index (χ0v) is 10.2. The molecule has 17 heavy (non-hydrogen) atoms. The molecule has 2 heterocycles. The van der Waals surface area contributed by atoms with Crippen molar-refractivity contribution in [3.63, 3.8) is 0 Å². The summed E-state index contributed by atoms with van der Waals surface area (Å²) < 4.78 is 7.25. The first-order chi connectivity index (χ1) is 8.24. The fourth-order valence-corrected chi connectivity index (χ4v) is 1.88. The number of furan rings is 1. The van der Waals surface area contributed by atoms with Crippen LogP contribution in [0.1, 0.15) is 30.1 Å². The topological polar surface area (TPSA) is 69.0 Å². The van der Waals surface area contributed by atoms with E-state index in [9.17, 15) is 0 Å². The van der Waals surface area contributed by atoms with Crippen molar-refractivity contribution < 1.29 is 4.42 Å². The fraction of sp³-hybridized carbons (Fsp3) is 0.417. The van der Waals surface area contributed by atoms with Gasteiger partial charge in [-0.1, -0.05) is 6.92 Å². The van der Waals surface area contributed by atoms with E-state index in [1.54, 1.807) is 6.26 Å². The molecule has 0 saturated carbocycles. The van der Waals surface area contributed by atoms with Crippen LogP contribution in [0.4, 0.5) is 0 Å². The molecule has 1 unspecified atom stereocenters. The summed E-state index contributed by atoms with van der Waals surface area (Å²) in [6, 6.07) is 5.86. The molecule has 0 bridgehead atoms. The van der Waals surface area contributed by atoms with Crippen LogP contribution >= 0.6 is 0 Å². The molecule has 0 radical (unpaired) electrons. The first kappa shape index (κ1) is 11.9. The highest BCUT2D eigenvalue weighted by Crippen LogP contribution is 2.18. The second-order valence-electron chi connectivity index (χ2n) is 4.04. The van der Waals surface area contributed by atoms with Crippen LogP contribution in [0, 0.1) is 0 Å². The Bertz CT molecular complexity index is 461. The lowest BCUT2D eigenvalue weighted by atomic mass is 10.1. The van der Waals surface area contributed by atoms with E-state index in [1.165, 1.54) is 0 Å². The molecule has 0 aromatic carbocycles. The molecule has 2 aromatic rings. The van der Waals surface area contributed by atoms with Gasteiger partial charge in [0.05, 0.1) is 18.0 Å². The Morgan fingerprint density at radius 1 is 1.59 bits per heavy atom. The molecule has 3 N–H and O–H groups in total. The molecular weight excluding hydrogens is 216 g/mol. The lowest BCUT2D eigenvalue weighted by Gasteiger charge is -2.12. The van der Waals surface area contributed by atoms with E-state index >= 15 is 0 Å². The van der Waals surface area contributed by atoms with Crippen LogP contribution in [0.25, 0.3) is 0 Å². The average molecular weight is 234 g/mol. The van der Waals surface area contributed by atoms with E-state index in [-0.39, 0.29) is 6.04 Å². The molecule has 5 nitrogen and oxygen atoms in total. The van der Waals surface area contributed by atoms with E-state index in [0.717, 1.165) is 30.0 Å². The Morgan fingerprint density at radius 2 is 2.41 bits per heavy atom. The van der Waals surface area contributed by atoms with E-state index in [2.05, 4.69) is 23.5 Å². The Hall–Kier alpha value is -1.59. The summed E-state index contributed by atoms with van der Waals surface area (Å²) in [6.07, 6.45) is 3.35. The van der Waals surface area contributed by atoms with Gasteiger partial charge < -0.3 is 4.42 Å². The number of nitrogens with zero attached hydrogens (tertiary/aromatic N) is 2. The van der Waals surface area contributed by atoms with E-state index in [1.807, 2.05) is 23.9 Å². The molecular formula is C12H18N4O. The highest BCUT2D eigenvalue weighted by molar-refractivity contribution is 5.14. The Labute approximate surface area is 101 Å². The molecule has 0 aliphatic rings. The minimum atomic E-state index is -0.0230. The Morgan fingerprint density at radius 3 is 2.94 bits per heavy atom.